The van der Waals surface area contributed by atoms with Gasteiger partial charge in [0.2, 0.25) is 0 Å². The maximum absolute atomic E-state index is 6.52. The minimum Gasteiger partial charge on any atom is -0.412 e. The number of hydrogen-bond donors (Lipinski definition) is 0. The Morgan fingerprint density at radius 1 is 0.826 bits per heavy atom. The van der Waals surface area contributed by atoms with Crippen LogP contribution in [-0.2, 0) is 8.85 Å². The van der Waals surface area contributed by atoms with Crippen molar-refractivity contribution in [3.63, 3.8) is 0 Å². The first-order chi connectivity index (χ1) is 10.3. The number of benzene rings is 1. The SMILES string of the molecule is CC(C)C(O[Si](C)(C)C)C(O[Si](C)(C)C)c1c(Cl)cccc1Cl. The monoisotopic (exact) mass is 392 g/mol. The van der Waals surface area contributed by atoms with Crippen molar-refractivity contribution in [2.45, 2.75) is 65.3 Å². The van der Waals surface area contributed by atoms with Crippen molar-refractivity contribution in [3.05, 3.63) is 33.8 Å². The molecule has 0 saturated heterocycles. The molecule has 2 atom stereocenters. The highest BCUT2D eigenvalue weighted by Crippen LogP contribution is 2.40. The van der Waals surface area contributed by atoms with Crippen molar-refractivity contribution in [3.8, 4) is 0 Å². The molecule has 0 amide bonds. The molecule has 0 spiro atoms. The summed E-state index contributed by atoms with van der Waals surface area (Å²) in [4.78, 5) is 0. The highest BCUT2D eigenvalue weighted by molar-refractivity contribution is 6.70. The maximum Gasteiger partial charge on any atom is 0.184 e. The van der Waals surface area contributed by atoms with Crippen molar-refractivity contribution in [2.24, 2.45) is 5.92 Å². The van der Waals surface area contributed by atoms with E-state index in [0.717, 1.165) is 5.56 Å². The predicted octanol–water partition coefficient (Wildman–Crippen LogP) is 6.76. The summed E-state index contributed by atoms with van der Waals surface area (Å²) in [5.74, 6) is 0.301. The second-order valence-corrected chi connectivity index (χ2v) is 18.0. The zero-order chi connectivity index (χ0) is 18.0. The lowest BCUT2D eigenvalue weighted by molar-refractivity contribution is 0.0140. The Labute approximate surface area is 153 Å². The van der Waals surface area contributed by atoms with E-state index in [1.807, 2.05) is 18.2 Å². The molecule has 0 aromatic heterocycles. The van der Waals surface area contributed by atoms with Gasteiger partial charge in [-0.15, -0.1) is 0 Å². The molecule has 0 bridgehead atoms. The fraction of sp³-hybridized carbons (Fsp3) is 0.647. The number of halogens is 2. The molecule has 1 aromatic carbocycles. The second-order valence-electron chi connectivity index (χ2n) is 8.23. The topological polar surface area (TPSA) is 18.5 Å². The summed E-state index contributed by atoms with van der Waals surface area (Å²) < 4.78 is 13.0. The Bertz CT molecular complexity index is 502. The molecular formula is C17H30Cl2O2Si2. The Morgan fingerprint density at radius 2 is 1.26 bits per heavy atom. The summed E-state index contributed by atoms with van der Waals surface area (Å²) in [6.45, 7) is 17.4. The normalized spacial score (nSPS) is 15.8. The van der Waals surface area contributed by atoms with E-state index in [1.165, 1.54) is 0 Å². The molecule has 0 aliphatic heterocycles. The lowest BCUT2D eigenvalue weighted by Gasteiger charge is -2.39. The second kappa shape index (κ2) is 8.02. The minimum atomic E-state index is -1.81. The molecule has 0 heterocycles. The summed E-state index contributed by atoms with van der Waals surface area (Å²) in [6.07, 6.45) is -0.305. The van der Waals surface area contributed by atoms with Gasteiger partial charge in [-0.05, 0) is 57.3 Å². The van der Waals surface area contributed by atoms with E-state index in [9.17, 15) is 0 Å². The predicted molar refractivity (Wildman–Crippen MR) is 107 cm³/mol. The third-order valence-corrected chi connectivity index (χ3v) is 5.81. The fourth-order valence-corrected chi connectivity index (χ4v) is 5.25. The number of hydrogen-bond acceptors (Lipinski definition) is 2. The maximum atomic E-state index is 6.52. The van der Waals surface area contributed by atoms with Crippen LogP contribution in [0.3, 0.4) is 0 Å². The van der Waals surface area contributed by atoms with Crippen LogP contribution < -0.4 is 0 Å². The van der Waals surface area contributed by atoms with Gasteiger partial charge in [-0.2, -0.15) is 0 Å². The Kier molecular flexibility index (Phi) is 7.39. The van der Waals surface area contributed by atoms with Crippen LogP contribution in [-0.4, -0.2) is 22.7 Å². The van der Waals surface area contributed by atoms with Crippen LogP contribution in [0.4, 0.5) is 0 Å². The van der Waals surface area contributed by atoms with Gasteiger partial charge in [-0.3, -0.25) is 0 Å². The quantitative estimate of drug-likeness (QED) is 0.476. The van der Waals surface area contributed by atoms with Gasteiger partial charge in [-0.25, -0.2) is 0 Å². The van der Waals surface area contributed by atoms with Crippen molar-refractivity contribution >= 4 is 39.8 Å². The highest BCUT2D eigenvalue weighted by atomic mass is 35.5. The average molecular weight is 394 g/mol. The molecule has 0 radical (unpaired) electrons. The van der Waals surface area contributed by atoms with Gasteiger partial charge >= 0.3 is 0 Å². The van der Waals surface area contributed by atoms with Crippen molar-refractivity contribution in [2.75, 3.05) is 0 Å². The zero-order valence-electron chi connectivity index (χ0n) is 15.5. The molecule has 0 aliphatic carbocycles. The first-order valence-electron chi connectivity index (χ1n) is 8.11. The average Bonchev–Trinajstić information content (AvgIpc) is 2.31. The van der Waals surface area contributed by atoms with Gasteiger partial charge in [0.1, 0.15) is 0 Å². The van der Waals surface area contributed by atoms with Gasteiger partial charge < -0.3 is 8.85 Å². The van der Waals surface area contributed by atoms with Gasteiger partial charge in [0.15, 0.2) is 16.6 Å². The van der Waals surface area contributed by atoms with Crippen molar-refractivity contribution in [1.29, 1.82) is 0 Å². The third-order valence-electron chi connectivity index (χ3n) is 3.21. The third kappa shape index (κ3) is 6.88. The molecule has 6 heteroatoms. The first-order valence-corrected chi connectivity index (χ1v) is 15.7. The van der Waals surface area contributed by atoms with E-state index in [0.29, 0.717) is 16.0 Å². The van der Waals surface area contributed by atoms with E-state index in [4.69, 9.17) is 32.1 Å². The largest absolute Gasteiger partial charge is 0.412 e. The summed E-state index contributed by atoms with van der Waals surface area (Å²) in [5, 5.41) is 1.29. The van der Waals surface area contributed by atoms with E-state index >= 15 is 0 Å². The van der Waals surface area contributed by atoms with Crippen molar-refractivity contribution in [1.82, 2.24) is 0 Å². The molecule has 1 rings (SSSR count). The Balaban J connectivity index is 3.38. The molecule has 2 unspecified atom stereocenters. The van der Waals surface area contributed by atoms with Gasteiger partial charge in [-0.1, -0.05) is 43.1 Å². The molecule has 23 heavy (non-hydrogen) atoms. The lowest BCUT2D eigenvalue weighted by atomic mass is 9.96. The summed E-state index contributed by atoms with van der Waals surface area (Å²) in [7, 11) is -3.55. The van der Waals surface area contributed by atoms with Gasteiger partial charge in [0.05, 0.1) is 12.2 Å². The fourth-order valence-electron chi connectivity index (χ4n) is 2.41. The van der Waals surface area contributed by atoms with E-state index < -0.39 is 16.6 Å². The zero-order valence-corrected chi connectivity index (χ0v) is 19.0. The molecule has 1 aromatic rings. The molecule has 0 aliphatic rings. The summed E-state index contributed by atoms with van der Waals surface area (Å²) >= 11 is 13.0. The first kappa shape index (κ1) is 21.2. The van der Waals surface area contributed by atoms with Crippen LogP contribution in [0.5, 0.6) is 0 Å². The molecule has 0 fully saturated rings. The smallest absolute Gasteiger partial charge is 0.184 e. The lowest BCUT2D eigenvalue weighted by Crippen LogP contribution is -2.42. The summed E-state index contributed by atoms with van der Waals surface area (Å²) in [5.41, 5.74) is 0.857. The van der Waals surface area contributed by atoms with E-state index in [-0.39, 0.29) is 12.2 Å². The van der Waals surface area contributed by atoms with Crippen LogP contribution in [0.2, 0.25) is 49.3 Å². The van der Waals surface area contributed by atoms with Crippen LogP contribution in [0.15, 0.2) is 18.2 Å². The van der Waals surface area contributed by atoms with Gasteiger partial charge in [0.25, 0.3) is 0 Å². The highest BCUT2D eigenvalue weighted by Gasteiger charge is 2.37. The van der Waals surface area contributed by atoms with Crippen molar-refractivity contribution < 1.29 is 8.85 Å². The van der Waals surface area contributed by atoms with Crippen LogP contribution in [0, 0.1) is 5.92 Å². The molecule has 0 N–H and O–H groups in total. The van der Waals surface area contributed by atoms with Gasteiger partial charge in [0, 0.05) is 15.6 Å². The summed E-state index contributed by atoms with van der Waals surface area (Å²) in [6, 6.07) is 5.61. The molecular weight excluding hydrogens is 363 g/mol. The molecule has 0 saturated carbocycles. The minimum absolute atomic E-state index is 0.0641. The Hall–Kier alpha value is 0.154. The Morgan fingerprint density at radius 3 is 1.61 bits per heavy atom. The molecule has 2 nitrogen and oxygen atoms in total. The van der Waals surface area contributed by atoms with Crippen LogP contribution >= 0.6 is 23.2 Å². The van der Waals surface area contributed by atoms with E-state index in [2.05, 4.69) is 53.1 Å². The van der Waals surface area contributed by atoms with Crippen LogP contribution in [0.25, 0.3) is 0 Å². The number of rotatable bonds is 7. The van der Waals surface area contributed by atoms with Crippen LogP contribution in [0.1, 0.15) is 25.5 Å². The molecule has 132 valence electrons. The standard InChI is InChI=1S/C17H30Cl2O2Si2/c1-12(2)16(20-22(3,4)5)17(21-23(6,7)8)15-13(18)10-9-11-14(15)19/h9-12,16-17H,1-8H3. The van der Waals surface area contributed by atoms with E-state index in [1.54, 1.807) is 0 Å².